The van der Waals surface area contributed by atoms with Gasteiger partial charge < -0.3 is 0 Å². The molecule has 0 N–H and O–H groups in total. The highest BCUT2D eigenvalue weighted by Gasteiger charge is 2.58. The Balaban J connectivity index is 1.32. The van der Waals surface area contributed by atoms with Crippen LogP contribution < -0.4 is 0 Å². The number of fused-ring (bicyclic) bond motifs is 5. The monoisotopic (exact) mass is 382 g/mol. The Morgan fingerprint density at radius 2 is 1.93 bits per heavy atom. The quantitative estimate of drug-likeness (QED) is 0.675. The largest absolute Gasteiger partial charge is 0.297 e. The topological polar surface area (TPSA) is 34.9 Å². The lowest BCUT2D eigenvalue weighted by Gasteiger charge is -2.56. The van der Waals surface area contributed by atoms with E-state index < -0.39 is 0 Å². The van der Waals surface area contributed by atoms with Crippen LogP contribution in [0.1, 0.15) is 77.2 Å². The van der Waals surface area contributed by atoms with E-state index in [2.05, 4.69) is 18.9 Å². The van der Waals surface area contributed by atoms with Gasteiger partial charge in [0.15, 0.2) is 5.78 Å². The summed E-state index contributed by atoms with van der Waals surface area (Å²) < 4.78 is 1.86. The van der Waals surface area contributed by atoms with Crippen molar-refractivity contribution in [2.45, 2.75) is 85.1 Å². The van der Waals surface area contributed by atoms with Gasteiger partial charge in [-0.15, -0.1) is 0 Å². The first-order valence-corrected chi connectivity index (χ1v) is 12.0. The van der Waals surface area contributed by atoms with Crippen LogP contribution in [0.25, 0.3) is 0 Å². The first-order valence-electron chi connectivity index (χ1n) is 12.0. The lowest BCUT2D eigenvalue weighted by Crippen LogP contribution is -2.49. The summed E-state index contributed by atoms with van der Waals surface area (Å²) >= 11 is 0. The molecule has 1 aromatic rings. The average molecular weight is 383 g/mol. The van der Waals surface area contributed by atoms with E-state index in [1.165, 1.54) is 51.4 Å². The maximum atomic E-state index is 13.2. The van der Waals surface area contributed by atoms with E-state index in [-0.39, 0.29) is 11.3 Å². The van der Waals surface area contributed by atoms with Crippen molar-refractivity contribution in [2.24, 2.45) is 46.8 Å². The Morgan fingerprint density at radius 3 is 2.71 bits per heavy atom. The molecule has 0 unspecified atom stereocenters. The van der Waals surface area contributed by atoms with Gasteiger partial charge in [0.1, 0.15) is 0 Å². The van der Waals surface area contributed by atoms with Crippen LogP contribution >= 0.6 is 0 Å². The fraction of sp³-hybridized carbons (Fsp3) is 0.840. The second-order valence-corrected chi connectivity index (χ2v) is 11.2. The number of aromatic nitrogens is 2. The van der Waals surface area contributed by atoms with Gasteiger partial charge in [-0.3, -0.25) is 9.48 Å². The van der Waals surface area contributed by atoms with Crippen molar-refractivity contribution in [3.05, 3.63) is 18.0 Å². The summed E-state index contributed by atoms with van der Waals surface area (Å²) in [6.45, 7) is 7.46. The van der Waals surface area contributed by atoms with E-state index in [0.717, 1.165) is 47.5 Å². The summed E-state index contributed by atoms with van der Waals surface area (Å²) in [5, 5.41) is 4.37. The van der Waals surface area contributed by atoms with Gasteiger partial charge in [-0.05, 0) is 105 Å². The molecule has 8 atom stereocenters. The molecule has 0 spiro atoms. The molecule has 1 aromatic heterocycles. The van der Waals surface area contributed by atoms with Crippen LogP contribution in [-0.4, -0.2) is 15.6 Å². The summed E-state index contributed by atoms with van der Waals surface area (Å²) in [4.78, 5) is 13.2. The fourth-order valence-electron chi connectivity index (χ4n) is 8.44. The Hall–Kier alpha value is -1.12. The lowest BCUT2D eigenvalue weighted by molar-refractivity contribution is -0.131. The van der Waals surface area contributed by atoms with Crippen molar-refractivity contribution < 1.29 is 4.79 Å². The van der Waals surface area contributed by atoms with Crippen molar-refractivity contribution in [3.63, 3.8) is 0 Å². The van der Waals surface area contributed by atoms with Gasteiger partial charge in [0.25, 0.3) is 0 Å². The molecule has 0 radical (unpaired) electrons. The highest BCUT2D eigenvalue weighted by Crippen LogP contribution is 2.64. The van der Waals surface area contributed by atoms with Crippen LogP contribution in [0.15, 0.2) is 12.4 Å². The highest BCUT2D eigenvalue weighted by atomic mass is 16.1. The van der Waals surface area contributed by atoms with Crippen LogP contribution in [0, 0.1) is 53.8 Å². The van der Waals surface area contributed by atoms with Crippen molar-refractivity contribution in [1.29, 1.82) is 0 Å². The first-order chi connectivity index (χ1) is 13.5. The number of hydrogen-bond acceptors (Lipinski definition) is 2. The fourth-order valence-corrected chi connectivity index (χ4v) is 8.44. The second-order valence-electron chi connectivity index (χ2n) is 11.2. The van der Waals surface area contributed by atoms with Gasteiger partial charge in [0, 0.05) is 12.1 Å². The number of hydrogen-bond donors (Lipinski definition) is 0. The van der Waals surface area contributed by atoms with E-state index in [1.807, 2.05) is 24.0 Å². The second kappa shape index (κ2) is 6.99. The lowest BCUT2D eigenvalue weighted by atomic mass is 9.49. The van der Waals surface area contributed by atoms with E-state index in [0.29, 0.717) is 12.3 Å². The van der Waals surface area contributed by atoms with Crippen molar-refractivity contribution in [3.8, 4) is 0 Å². The van der Waals surface area contributed by atoms with E-state index in [9.17, 15) is 4.79 Å². The molecule has 5 rings (SSSR count). The molecule has 28 heavy (non-hydrogen) atoms. The minimum atomic E-state index is 0.245. The number of ketones is 1. The van der Waals surface area contributed by atoms with Gasteiger partial charge in [-0.1, -0.05) is 20.3 Å². The third kappa shape index (κ3) is 2.99. The van der Waals surface area contributed by atoms with Crippen molar-refractivity contribution in [1.82, 2.24) is 9.78 Å². The summed E-state index contributed by atoms with van der Waals surface area (Å²) in [5.74, 6) is 6.31. The predicted molar refractivity (Wildman–Crippen MR) is 112 cm³/mol. The molecule has 0 saturated heterocycles. The van der Waals surface area contributed by atoms with Crippen LogP contribution in [0.5, 0.6) is 0 Å². The standard InChI is InChI=1S/C25H38N2O/c1-16-4-6-19-18(12-16)5-7-21-20(19)10-11-25(3)22(21)8-9-23(25)24(28)15-27-14-17(2)13-26-27/h13-14,16,18-23H,4-12,15H2,1-3H3/t16-,18+,19-,20+,21+,22-,23+,25-/m0/s1. The summed E-state index contributed by atoms with van der Waals surface area (Å²) in [6, 6.07) is 0. The minimum absolute atomic E-state index is 0.245. The zero-order valence-electron chi connectivity index (χ0n) is 18.1. The van der Waals surface area contributed by atoms with E-state index in [1.54, 1.807) is 0 Å². The molecule has 4 saturated carbocycles. The molecular weight excluding hydrogens is 344 g/mol. The van der Waals surface area contributed by atoms with Gasteiger partial charge in [-0.2, -0.15) is 5.10 Å². The Bertz CT molecular complexity index is 739. The molecule has 0 aliphatic heterocycles. The van der Waals surface area contributed by atoms with Crippen molar-refractivity contribution >= 4 is 5.78 Å². The number of nitrogens with zero attached hydrogens (tertiary/aromatic N) is 2. The summed E-state index contributed by atoms with van der Waals surface area (Å²) in [7, 11) is 0. The van der Waals surface area contributed by atoms with Crippen LogP contribution in [-0.2, 0) is 11.3 Å². The van der Waals surface area contributed by atoms with Gasteiger partial charge in [-0.25, -0.2) is 0 Å². The van der Waals surface area contributed by atoms with Gasteiger partial charge in [0.2, 0.25) is 0 Å². The SMILES string of the molecule is Cc1cnn(CC(=O)[C@H]2CC[C@H]3[C@@H]4CC[C@@H]5C[C@@H](C)CC[C@@H]5[C@H]4CC[C@]23C)c1. The van der Waals surface area contributed by atoms with E-state index in [4.69, 9.17) is 0 Å². The third-order valence-electron chi connectivity index (χ3n) is 9.69. The molecule has 0 aromatic carbocycles. The first kappa shape index (κ1) is 18.9. The molecular formula is C25H38N2O. The predicted octanol–water partition coefficient (Wildman–Crippen LogP) is 5.67. The molecule has 3 heteroatoms. The van der Waals surface area contributed by atoms with Gasteiger partial charge >= 0.3 is 0 Å². The number of aryl methyl sites for hydroxylation is 1. The number of carbonyl (C=O) groups excluding carboxylic acids is 1. The van der Waals surface area contributed by atoms with Crippen LogP contribution in [0.3, 0.4) is 0 Å². The summed E-state index contributed by atoms with van der Waals surface area (Å²) in [6.07, 6.45) is 16.3. The zero-order chi connectivity index (χ0) is 19.5. The maximum absolute atomic E-state index is 13.2. The van der Waals surface area contributed by atoms with Gasteiger partial charge in [0.05, 0.1) is 12.7 Å². The molecule has 0 amide bonds. The molecule has 154 valence electrons. The molecule has 4 aliphatic carbocycles. The number of carbonyl (C=O) groups is 1. The zero-order valence-corrected chi connectivity index (χ0v) is 18.1. The number of Topliss-reactive ketones (excluding diaryl/α,β-unsaturated/α-hetero) is 1. The average Bonchev–Trinajstić information content (AvgIpc) is 3.23. The molecule has 4 fully saturated rings. The smallest absolute Gasteiger partial charge is 0.157 e. The van der Waals surface area contributed by atoms with E-state index >= 15 is 0 Å². The Labute approximate surface area is 170 Å². The Morgan fingerprint density at radius 1 is 1.11 bits per heavy atom. The third-order valence-corrected chi connectivity index (χ3v) is 9.69. The summed E-state index contributed by atoms with van der Waals surface area (Å²) in [5.41, 5.74) is 1.39. The van der Waals surface area contributed by atoms with Crippen LogP contribution in [0.2, 0.25) is 0 Å². The van der Waals surface area contributed by atoms with Crippen LogP contribution in [0.4, 0.5) is 0 Å². The molecule has 3 nitrogen and oxygen atoms in total. The molecule has 0 bridgehead atoms. The normalized spacial score (nSPS) is 45.2. The minimum Gasteiger partial charge on any atom is -0.297 e. The number of rotatable bonds is 3. The molecule has 4 aliphatic rings. The van der Waals surface area contributed by atoms with Crippen molar-refractivity contribution in [2.75, 3.05) is 0 Å². The highest BCUT2D eigenvalue weighted by molar-refractivity contribution is 5.82. The maximum Gasteiger partial charge on any atom is 0.157 e. The Kier molecular flexibility index (Phi) is 4.71. The molecule has 1 heterocycles.